The van der Waals surface area contributed by atoms with Gasteiger partial charge in [0.1, 0.15) is 9.84 Å². The first-order chi connectivity index (χ1) is 9.80. The number of hydrogen-bond acceptors (Lipinski definition) is 3. The van der Waals surface area contributed by atoms with E-state index in [9.17, 15) is 8.42 Å². The van der Waals surface area contributed by atoms with Gasteiger partial charge in [0.05, 0.1) is 5.75 Å². The van der Waals surface area contributed by atoms with Crippen LogP contribution in [0, 0.1) is 6.92 Å². The minimum Gasteiger partial charge on any atom is -0.354 e. The Morgan fingerprint density at radius 2 is 2.05 bits per heavy atom. The lowest BCUT2D eigenvalue weighted by molar-refractivity contribution is 0.581. The standard InChI is InChI=1S/C15H25N3O2S.HI/c1-12-6-5-7-14(10-12)11-17-15(16-3)18-13(2)8-9-21(4,19)20;/h5-7,10,13H,8-9,11H2,1-4H3,(H2,16,17,18);1H. The zero-order chi connectivity index (χ0) is 15.9. The third-order valence-electron chi connectivity index (χ3n) is 3.07. The van der Waals surface area contributed by atoms with E-state index in [1.165, 1.54) is 17.4 Å². The van der Waals surface area contributed by atoms with Gasteiger partial charge in [0.15, 0.2) is 5.96 Å². The zero-order valence-electron chi connectivity index (χ0n) is 13.6. The number of aliphatic imine (C=N–C) groups is 1. The van der Waals surface area contributed by atoms with Crippen LogP contribution in [0.4, 0.5) is 0 Å². The van der Waals surface area contributed by atoms with Crippen molar-refractivity contribution in [1.82, 2.24) is 10.6 Å². The molecule has 0 amide bonds. The molecule has 0 bridgehead atoms. The highest BCUT2D eigenvalue weighted by molar-refractivity contribution is 14.0. The summed E-state index contributed by atoms with van der Waals surface area (Å²) in [6.07, 6.45) is 1.81. The Morgan fingerprint density at radius 1 is 1.36 bits per heavy atom. The molecule has 126 valence electrons. The summed E-state index contributed by atoms with van der Waals surface area (Å²) in [4.78, 5) is 4.15. The fourth-order valence-electron chi connectivity index (χ4n) is 1.90. The number of rotatable bonds is 6. The number of nitrogens with zero attached hydrogens (tertiary/aromatic N) is 1. The largest absolute Gasteiger partial charge is 0.354 e. The number of benzene rings is 1. The van der Waals surface area contributed by atoms with E-state index in [2.05, 4.69) is 40.7 Å². The zero-order valence-corrected chi connectivity index (χ0v) is 16.7. The van der Waals surface area contributed by atoms with Crippen molar-refractivity contribution in [1.29, 1.82) is 0 Å². The molecule has 1 rings (SSSR count). The molecule has 1 atom stereocenters. The molecule has 0 heterocycles. The summed E-state index contributed by atoms with van der Waals surface area (Å²) in [6.45, 7) is 4.69. The summed E-state index contributed by atoms with van der Waals surface area (Å²) in [5, 5.41) is 6.43. The molecule has 1 aromatic rings. The van der Waals surface area contributed by atoms with E-state index in [-0.39, 0.29) is 35.8 Å². The van der Waals surface area contributed by atoms with E-state index in [4.69, 9.17) is 0 Å². The van der Waals surface area contributed by atoms with Crippen LogP contribution in [0.15, 0.2) is 29.3 Å². The summed E-state index contributed by atoms with van der Waals surface area (Å²) >= 11 is 0. The van der Waals surface area contributed by atoms with E-state index >= 15 is 0 Å². The van der Waals surface area contributed by atoms with Gasteiger partial charge >= 0.3 is 0 Å². The van der Waals surface area contributed by atoms with Gasteiger partial charge < -0.3 is 10.6 Å². The minimum atomic E-state index is -2.92. The molecule has 0 spiro atoms. The van der Waals surface area contributed by atoms with Gasteiger partial charge in [0.25, 0.3) is 0 Å². The van der Waals surface area contributed by atoms with Crippen molar-refractivity contribution >= 4 is 39.8 Å². The van der Waals surface area contributed by atoms with E-state index in [0.29, 0.717) is 18.9 Å². The first kappa shape index (κ1) is 21.2. The summed E-state index contributed by atoms with van der Waals surface area (Å²) in [7, 11) is -1.22. The summed E-state index contributed by atoms with van der Waals surface area (Å²) in [5.41, 5.74) is 2.40. The molecule has 0 aliphatic carbocycles. The maximum atomic E-state index is 11.2. The van der Waals surface area contributed by atoms with Crippen LogP contribution in [0.3, 0.4) is 0 Å². The summed E-state index contributed by atoms with van der Waals surface area (Å²) < 4.78 is 22.3. The van der Waals surface area contributed by atoms with Crippen molar-refractivity contribution in [3.8, 4) is 0 Å². The molecule has 0 aromatic heterocycles. The number of halogens is 1. The molecule has 0 radical (unpaired) electrons. The first-order valence-electron chi connectivity index (χ1n) is 7.00. The van der Waals surface area contributed by atoms with E-state index in [1.54, 1.807) is 7.05 Å². The van der Waals surface area contributed by atoms with Crippen molar-refractivity contribution in [2.75, 3.05) is 19.1 Å². The van der Waals surface area contributed by atoms with Crippen molar-refractivity contribution in [3.63, 3.8) is 0 Å². The van der Waals surface area contributed by atoms with Crippen LogP contribution in [0.2, 0.25) is 0 Å². The van der Waals surface area contributed by atoms with Gasteiger partial charge in [-0.2, -0.15) is 0 Å². The molecule has 1 aromatic carbocycles. The highest BCUT2D eigenvalue weighted by Gasteiger charge is 2.09. The van der Waals surface area contributed by atoms with Gasteiger partial charge in [-0.3, -0.25) is 4.99 Å². The van der Waals surface area contributed by atoms with Crippen LogP contribution in [-0.4, -0.2) is 39.5 Å². The number of sulfone groups is 1. The smallest absolute Gasteiger partial charge is 0.191 e. The Bertz CT molecular complexity index is 588. The first-order valence-corrected chi connectivity index (χ1v) is 9.06. The lowest BCUT2D eigenvalue weighted by Gasteiger charge is -2.17. The number of aryl methyl sites for hydroxylation is 1. The van der Waals surface area contributed by atoms with Crippen LogP contribution in [-0.2, 0) is 16.4 Å². The number of guanidine groups is 1. The average Bonchev–Trinajstić information content (AvgIpc) is 2.40. The molecule has 0 fully saturated rings. The van der Waals surface area contributed by atoms with E-state index < -0.39 is 9.84 Å². The molecule has 22 heavy (non-hydrogen) atoms. The molecule has 5 nitrogen and oxygen atoms in total. The molecule has 7 heteroatoms. The lowest BCUT2D eigenvalue weighted by Crippen LogP contribution is -2.42. The Morgan fingerprint density at radius 3 is 2.59 bits per heavy atom. The van der Waals surface area contributed by atoms with Crippen molar-refractivity contribution in [2.45, 2.75) is 32.9 Å². The topological polar surface area (TPSA) is 70.6 Å². The third-order valence-corrected chi connectivity index (χ3v) is 4.05. The highest BCUT2D eigenvalue weighted by Crippen LogP contribution is 2.03. The molecule has 0 aliphatic rings. The predicted octanol–water partition coefficient (Wildman–Crippen LogP) is 2.10. The van der Waals surface area contributed by atoms with Gasteiger partial charge in [0.2, 0.25) is 0 Å². The second kappa shape index (κ2) is 10.0. The minimum absolute atomic E-state index is 0. The quantitative estimate of drug-likeness (QED) is 0.405. The van der Waals surface area contributed by atoms with E-state index in [0.717, 1.165) is 0 Å². The van der Waals surface area contributed by atoms with Crippen molar-refractivity contribution in [2.24, 2.45) is 4.99 Å². The Kier molecular flexibility index (Phi) is 9.66. The normalized spacial score (nSPS) is 13.2. The molecule has 2 N–H and O–H groups in total. The van der Waals surface area contributed by atoms with Gasteiger partial charge in [0, 0.05) is 25.9 Å². The average molecular weight is 439 g/mol. The molecule has 0 saturated heterocycles. The number of nitrogens with one attached hydrogen (secondary N) is 2. The molecular weight excluding hydrogens is 413 g/mol. The van der Waals surface area contributed by atoms with Gasteiger partial charge in [-0.15, -0.1) is 24.0 Å². The van der Waals surface area contributed by atoms with E-state index in [1.807, 2.05) is 13.0 Å². The SMILES string of the molecule is CN=C(NCc1cccc(C)c1)NC(C)CCS(C)(=O)=O.I. The van der Waals surface area contributed by atoms with Crippen LogP contribution in [0.5, 0.6) is 0 Å². The highest BCUT2D eigenvalue weighted by atomic mass is 127. The Hall–Kier alpha value is -0.830. The summed E-state index contributed by atoms with van der Waals surface area (Å²) in [6, 6.07) is 8.30. The predicted molar refractivity (Wildman–Crippen MR) is 104 cm³/mol. The van der Waals surface area contributed by atoms with Gasteiger partial charge in [-0.05, 0) is 25.8 Å². The van der Waals surface area contributed by atoms with Crippen LogP contribution >= 0.6 is 24.0 Å². The number of hydrogen-bond donors (Lipinski definition) is 2. The third kappa shape index (κ3) is 9.24. The fourth-order valence-corrected chi connectivity index (χ4v) is 2.68. The maximum Gasteiger partial charge on any atom is 0.191 e. The molecular formula is C15H26IN3O2S. The van der Waals surface area contributed by atoms with Crippen LogP contribution < -0.4 is 10.6 Å². The Labute approximate surface area is 150 Å². The second-order valence-corrected chi connectivity index (χ2v) is 7.64. The summed E-state index contributed by atoms with van der Waals surface area (Å²) in [5.74, 6) is 0.855. The monoisotopic (exact) mass is 439 g/mol. The van der Waals surface area contributed by atoms with Crippen LogP contribution in [0.1, 0.15) is 24.5 Å². The van der Waals surface area contributed by atoms with Crippen LogP contribution in [0.25, 0.3) is 0 Å². The molecule has 1 unspecified atom stereocenters. The molecule has 0 saturated carbocycles. The molecule has 0 aliphatic heterocycles. The van der Waals surface area contributed by atoms with Gasteiger partial charge in [-0.25, -0.2) is 8.42 Å². The fraction of sp³-hybridized carbons (Fsp3) is 0.533. The van der Waals surface area contributed by atoms with Crippen molar-refractivity contribution in [3.05, 3.63) is 35.4 Å². The maximum absolute atomic E-state index is 11.2. The lowest BCUT2D eigenvalue weighted by atomic mass is 10.1. The Balaban J connectivity index is 0.00000441. The van der Waals surface area contributed by atoms with Gasteiger partial charge in [-0.1, -0.05) is 29.8 Å². The second-order valence-electron chi connectivity index (χ2n) is 5.38. The van der Waals surface area contributed by atoms with Crippen molar-refractivity contribution < 1.29 is 8.42 Å².